The Bertz CT molecular complexity index is 449. The molecular formula is C21H36OS. The van der Waals surface area contributed by atoms with E-state index < -0.39 is 0 Å². The standard InChI is InChI=1S/C21H36OS/c1-14(23)22-19-10-9-17-16-8-7-15-6-4-5-12-20(15,2)18(16)11-13-21(17,19)3/h14-19,23H,4-13H2,1-3H3/t14?,15-,16+,17+,18+,19+,20+,21+/m1/s1. The van der Waals surface area contributed by atoms with Crippen LogP contribution in [-0.2, 0) is 4.74 Å². The molecule has 4 fully saturated rings. The third kappa shape index (κ3) is 2.53. The first kappa shape index (κ1) is 16.8. The molecule has 0 radical (unpaired) electrons. The zero-order chi connectivity index (χ0) is 16.2. The first-order chi connectivity index (χ1) is 10.9. The Hall–Kier alpha value is 0.310. The maximum Gasteiger partial charge on any atom is 0.0975 e. The van der Waals surface area contributed by atoms with Crippen LogP contribution in [0.4, 0.5) is 0 Å². The molecule has 1 unspecified atom stereocenters. The highest BCUT2D eigenvalue weighted by Crippen LogP contribution is 2.66. The fourth-order valence-corrected chi connectivity index (χ4v) is 7.86. The van der Waals surface area contributed by atoms with Gasteiger partial charge in [0.1, 0.15) is 0 Å². The molecule has 23 heavy (non-hydrogen) atoms. The number of hydrogen-bond donors (Lipinski definition) is 1. The van der Waals surface area contributed by atoms with Crippen molar-refractivity contribution >= 4 is 12.6 Å². The third-order valence-electron chi connectivity index (χ3n) is 8.86. The van der Waals surface area contributed by atoms with Crippen LogP contribution in [0.25, 0.3) is 0 Å². The van der Waals surface area contributed by atoms with Crippen LogP contribution in [0.5, 0.6) is 0 Å². The van der Waals surface area contributed by atoms with Gasteiger partial charge in [0.15, 0.2) is 0 Å². The number of ether oxygens (including phenoxy) is 1. The summed E-state index contributed by atoms with van der Waals surface area (Å²) >= 11 is 4.51. The minimum Gasteiger partial charge on any atom is -0.364 e. The van der Waals surface area contributed by atoms with Crippen LogP contribution in [0.2, 0.25) is 0 Å². The smallest absolute Gasteiger partial charge is 0.0975 e. The molecule has 8 atom stereocenters. The molecule has 4 aliphatic carbocycles. The topological polar surface area (TPSA) is 9.23 Å². The minimum absolute atomic E-state index is 0.0832. The van der Waals surface area contributed by atoms with Gasteiger partial charge in [-0.1, -0.05) is 26.7 Å². The quantitative estimate of drug-likeness (QED) is 0.475. The number of fused-ring (bicyclic) bond motifs is 5. The summed E-state index contributed by atoms with van der Waals surface area (Å²) in [5.74, 6) is 3.94. The van der Waals surface area contributed by atoms with Crippen LogP contribution in [0, 0.1) is 34.5 Å². The lowest BCUT2D eigenvalue weighted by Crippen LogP contribution is -2.53. The average molecular weight is 337 g/mol. The van der Waals surface area contributed by atoms with Crippen molar-refractivity contribution in [2.75, 3.05) is 0 Å². The van der Waals surface area contributed by atoms with Crippen molar-refractivity contribution in [3.63, 3.8) is 0 Å². The molecule has 0 aliphatic heterocycles. The molecule has 0 N–H and O–H groups in total. The van der Waals surface area contributed by atoms with Gasteiger partial charge in [-0.3, -0.25) is 0 Å². The summed E-state index contributed by atoms with van der Waals surface area (Å²) in [7, 11) is 0. The van der Waals surface area contributed by atoms with E-state index in [0.29, 0.717) is 16.9 Å². The molecule has 0 saturated heterocycles. The fourth-order valence-electron chi connectivity index (χ4n) is 7.71. The Morgan fingerprint density at radius 3 is 2.43 bits per heavy atom. The van der Waals surface area contributed by atoms with Crippen LogP contribution in [0.15, 0.2) is 0 Å². The van der Waals surface area contributed by atoms with Crippen molar-refractivity contribution in [1.29, 1.82) is 0 Å². The Balaban J connectivity index is 1.57. The minimum atomic E-state index is 0.0832. The largest absolute Gasteiger partial charge is 0.364 e. The molecular weight excluding hydrogens is 300 g/mol. The molecule has 2 heteroatoms. The molecule has 4 saturated carbocycles. The van der Waals surface area contributed by atoms with Gasteiger partial charge in [0.25, 0.3) is 0 Å². The molecule has 0 aromatic carbocycles. The third-order valence-corrected chi connectivity index (χ3v) is 8.98. The SMILES string of the molecule is CC(S)O[C@H]1CC[C@H]2[C@@H]3CC[C@H]4CCCC[C@]4(C)[C@H]3CC[C@]12C. The summed E-state index contributed by atoms with van der Waals surface area (Å²) in [6.45, 7) is 7.31. The van der Waals surface area contributed by atoms with Crippen LogP contribution in [-0.4, -0.2) is 11.5 Å². The average Bonchev–Trinajstić information content (AvgIpc) is 2.83. The monoisotopic (exact) mass is 336 g/mol. The van der Waals surface area contributed by atoms with E-state index in [1.807, 2.05) is 0 Å². The Morgan fingerprint density at radius 2 is 1.65 bits per heavy atom. The molecule has 0 aromatic heterocycles. The Kier molecular flexibility index (Phi) is 4.33. The van der Waals surface area contributed by atoms with Gasteiger partial charge in [0.2, 0.25) is 0 Å². The van der Waals surface area contributed by atoms with Crippen molar-refractivity contribution in [3.8, 4) is 0 Å². The van der Waals surface area contributed by atoms with E-state index in [-0.39, 0.29) is 5.44 Å². The maximum absolute atomic E-state index is 6.26. The van der Waals surface area contributed by atoms with E-state index in [0.717, 1.165) is 23.7 Å². The molecule has 132 valence electrons. The van der Waals surface area contributed by atoms with E-state index in [4.69, 9.17) is 4.74 Å². The second-order valence-electron chi connectivity index (χ2n) is 9.75. The fraction of sp³-hybridized carbons (Fsp3) is 1.00. The van der Waals surface area contributed by atoms with E-state index in [9.17, 15) is 0 Å². The summed E-state index contributed by atoms with van der Waals surface area (Å²) in [5.41, 5.74) is 1.17. The van der Waals surface area contributed by atoms with Gasteiger partial charge in [0, 0.05) is 0 Å². The van der Waals surface area contributed by atoms with Crippen molar-refractivity contribution in [3.05, 3.63) is 0 Å². The highest BCUT2D eigenvalue weighted by molar-refractivity contribution is 7.80. The first-order valence-corrected chi connectivity index (χ1v) is 10.8. The zero-order valence-electron chi connectivity index (χ0n) is 15.4. The molecule has 1 nitrogen and oxygen atoms in total. The molecule has 0 bridgehead atoms. The van der Waals surface area contributed by atoms with Crippen LogP contribution in [0.1, 0.15) is 85.0 Å². The van der Waals surface area contributed by atoms with Crippen molar-refractivity contribution in [2.24, 2.45) is 34.5 Å². The summed E-state index contributed by atoms with van der Waals surface area (Å²) < 4.78 is 6.26. The lowest BCUT2D eigenvalue weighted by atomic mass is 9.45. The summed E-state index contributed by atoms with van der Waals surface area (Å²) in [6.07, 6.45) is 15.0. The molecule has 0 heterocycles. The molecule has 0 amide bonds. The second-order valence-corrected chi connectivity index (χ2v) is 10.5. The van der Waals surface area contributed by atoms with Crippen LogP contribution >= 0.6 is 12.6 Å². The van der Waals surface area contributed by atoms with E-state index in [1.165, 1.54) is 64.2 Å². The maximum atomic E-state index is 6.26. The van der Waals surface area contributed by atoms with E-state index in [2.05, 4.69) is 33.4 Å². The summed E-state index contributed by atoms with van der Waals surface area (Å²) in [4.78, 5) is 0. The van der Waals surface area contributed by atoms with Gasteiger partial charge in [-0.25, -0.2) is 0 Å². The predicted octanol–water partition coefficient (Wildman–Crippen LogP) is 6.08. The van der Waals surface area contributed by atoms with Gasteiger partial charge >= 0.3 is 0 Å². The number of thiol groups is 1. The molecule has 0 aromatic rings. The molecule has 4 aliphatic rings. The van der Waals surface area contributed by atoms with Crippen molar-refractivity contribution < 1.29 is 4.74 Å². The Labute approximate surface area is 148 Å². The Morgan fingerprint density at radius 1 is 0.870 bits per heavy atom. The van der Waals surface area contributed by atoms with Crippen molar-refractivity contribution in [1.82, 2.24) is 0 Å². The van der Waals surface area contributed by atoms with Gasteiger partial charge in [-0.05, 0) is 92.8 Å². The van der Waals surface area contributed by atoms with Crippen LogP contribution in [0.3, 0.4) is 0 Å². The van der Waals surface area contributed by atoms with Gasteiger partial charge in [-0.15, -0.1) is 12.6 Å². The highest BCUT2D eigenvalue weighted by Gasteiger charge is 2.60. The predicted molar refractivity (Wildman–Crippen MR) is 99.7 cm³/mol. The summed E-state index contributed by atoms with van der Waals surface area (Å²) in [6, 6.07) is 0. The zero-order valence-corrected chi connectivity index (χ0v) is 16.3. The molecule has 4 rings (SSSR count). The van der Waals surface area contributed by atoms with Gasteiger partial charge in [-0.2, -0.15) is 0 Å². The van der Waals surface area contributed by atoms with E-state index in [1.54, 1.807) is 0 Å². The lowest BCUT2D eigenvalue weighted by molar-refractivity contribution is -0.132. The number of rotatable bonds is 2. The van der Waals surface area contributed by atoms with E-state index >= 15 is 0 Å². The van der Waals surface area contributed by atoms with Crippen LogP contribution < -0.4 is 0 Å². The van der Waals surface area contributed by atoms with Gasteiger partial charge < -0.3 is 4.74 Å². The number of hydrogen-bond acceptors (Lipinski definition) is 2. The summed E-state index contributed by atoms with van der Waals surface area (Å²) in [5, 5.41) is 0. The van der Waals surface area contributed by atoms with Gasteiger partial charge in [0.05, 0.1) is 11.5 Å². The molecule has 0 spiro atoms. The lowest BCUT2D eigenvalue weighted by Gasteiger charge is -2.60. The van der Waals surface area contributed by atoms with Crippen molar-refractivity contribution in [2.45, 2.75) is 96.5 Å². The highest BCUT2D eigenvalue weighted by atomic mass is 32.1. The second kappa shape index (κ2) is 5.94. The normalized spacial score (nSPS) is 54.0. The first-order valence-electron chi connectivity index (χ1n) is 10.3.